The summed E-state index contributed by atoms with van der Waals surface area (Å²) in [5, 5.41) is 11.7. The highest BCUT2D eigenvalue weighted by atomic mass is 32.2. The monoisotopic (exact) mass is 281 g/mol. The van der Waals surface area contributed by atoms with Gasteiger partial charge in [0.2, 0.25) is 0 Å². The Kier molecular flexibility index (Phi) is 4.44. The largest absolute Gasteiger partial charge is 0.480 e. The van der Waals surface area contributed by atoms with Gasteiger partial charge in [-0.3, -0.25) is 14.9 Å². The summed E-state index contributed by atoms with van der Waals surface area (Å²) in [7, 11) is 1.34. The number of benzene rings is 1. The van der Waals surface area contributed by atoms with Crippen LogP contribution in [0, 0.1) is 0 Å². The van der Waals surface area contributed by atoms with Crippen LogP contribution in [0.25, 0.3) is 0 Å². The predicted octanol–water partition coefficient (Wildman–Crippen LogP) is 1.06. The topological polar surface area (TPSA) is 75.6 Å². The van der Waals surface area contributed by atoms with Crippen LogP contribution in [0.5, 0.6) is 0 Å². The van der Waals surface area contributed by atoms with E-state index < -0.39 is 17.9 Å². The van der Waals surface area contributed by atoms with Gasteiger partial charge in [-0.1, -0.05) is 30.3 Å². The summed E-state index contributed by atoms with van der Waals surface area (Å²) in [5.74, 6) is -1.31. The molecule has 1 aromatic rings. The highest BCUT2D eigenvalue weighted by molar-refractivity contribution is 8.00. The number of carboxylic acid groups (broad SMARTS) is 1. The smallest absolute Gasteiger partial charge is 0.321 e. The minimum Gasteiger partial charge on any atom is -0.480 e. The molecule has 1 heterocycles. The third-order valence-corrected chi connectivity index (χ3v) is 4.32. The first-order valence-electron chi connectivity index (χ1n) is 5.86. The fourth-order valence-electron chi connectivity index (χ4n) is 2.05. The van der Waals surface area contributed by atoms with Crippen LogP contribution in [0.3, 0.4) is 0 Å². The zero-order valence-corrected chi connectivity index (χ0v) is 11.2. The number of carbonyl (C=O) groups is 2. The number of methoxy groups -OCH3 is 1. The molecule has 3 atom stereocenters. The van der Waals surface area contributed by atoms with Crippen molar-refractivity contribution in [1.82, 2.24) is 5.32 Å². The lowest BCUT2D eigenvalue weighted by molar-refractivity contribution is -0.143. The molecule has 0 bridgehead atoms. The van der Waals surface area contributed by atoms with E-state index in [0.29, 0.717) is 5.75 Å². The standard InChI is InChI=1S/C13H15NO4S/c1-18-13(17)10(8-5-3-2-4-6-8)11-14-9(7-19-11)12(15)16/h2-6,9-11,14H,7H2,1H3,(H,15,16). The summed E-state index contributed by atoms with van der Waals surface area (Å²) >= 11 is 1.43. The molecule has 0 amide bonds. The van der Waals surface area contributed by atoms with Crippen LogP contribution in [0.15, 0.2) is 30.3 Å². The Balaban J connectivity index is 2.20. The maximum atomic E-state index is 12.0. The third-order valence-electron chi connectivity index (χ3n) is 3.02. The maximum Gasteiger partial charge on any atom is 0.321 e. The average Bonchev–Trinajstić information content (AvgIpc) is 2.89. The second-order valence-corrected chi connectivity index (χ2v) is 5.40. The van der Waals surface area contributed by atoms with Crippen LogP contribution in [0.4, 0.5) is 0 Å². The zero-order chi connectivity index (χ0) is 13.8. The Morgan fingerprint density at radius 3 is 2.63 bits per heavy atom. The quantitative estimate of drug-likeness (QED) is 0.804. The maximum absolute atomic E-state index is 12.0. The Bertz CT molecular complexity index is 465. The molecule has 3 unspecified atom stereocenters. The second-order valence-electron chi connectivity index (χ2n) is 4.22. The molecule has 1 fully saturated rings. The molecule has 2 N–H and O–H groups in total. The number of thioether (sulfide) groups is 1. The molecule has 2 rings (SSSR count). The van der Waals surface area contributed by atoms with Gasteiger partial charge < -0.3 is 9.84 Å². The fourth-order valence-corrected chi connectivity index (χ4v) is 3.41. The normalized spacial score (nSPS) is 23.8. The molecule has 19 heavy (non-hydrogen) atoms. The Hall–Kier alpha value is -1.53. The van der Waals surface area contributed by atoms with Crippen LogP contribution < -0.4 is 5.32 Å². The van der Waals surface area contributed by atoms with Crippen LogP contribution in [0.1, 0.15) is 11.5 Å². The molecule has 1 saturated heterocycles. The summed E-state index contributed by atoms with van der Waals surface area (Å²) in [6, 6.07) is 8.63. The summed E-state index contributed by atoms with van der Waals surface area (Å²) in [6.07, 6.45) is 0. The molecule has 0 radical (unpaired) electrons. The number of esters is 1. The van der Waals surface area contributed by atoms with Crippen molar-refractivity contribution in [2.75, 3.05) is 12.9 Å². The van der Waals surface area contributed by atoms with E-state index in [-0.39, 0.29) is 11.3 Å². The summed E-state index contributed by atoms with van der Waals surface area (Å²) in [5.41, 5.74) is 0.824. The van der Waals surface area contributed by atoms with Crippen molar-refractivity contribution < 1.29 is 19.4 Å². The predicted molar refractivity (Wildman–Crippen MR) is 72.0 cm³/mol. The summed E-state index contributed by atoms with van der Waals surface area (Å²) in [4.78, 5) is 22.9. The van der Waals surface area contributed by atoms with Gasteiger partial charge >= 0.3 is 11.9 Å². The second kappa shape index (κ2) is 6.08. The minimum absolute atomic E-state index is 0.282. The van der Waals surface area contributed by atoms with E-state index in [9.17, 15) is 9.59 Å². The van der Waals surface area contributed by atoms with Gasteiger partial charge in [-0.25, -0.2) is 0 Å². The number of ether oxygens (including phenoxy) is 1. The lowest BCUT2D eigenvalue weighted by Gasteiger charge is -2.21. The highest BCUT2D eigenvalue weighted by Gasteiger charge is 2.39. The van der Waals surface area contributed by atoms with Gasteiger partial charge in [-0.15, -0.1) is 11.8 Å². The van der Waals surface area contributed by atoms with E-state index in [1.54, 1.807) is 0 Å². The van der Waals surface area contributed by atoms with E-state index in [0.717, 1.165) is 5.56 Å². The first-order chi connectivity index (χ1) is 9.13. The number of rotatable bonds is 4. The van der Waals surface area contributed by atoms with Crippen molar-refractivity contribution in [3.05, 3.63) is 35.9 Å². The molecular weight excluding hydrogens is 266 g/mol. The summed E-state index contributed by atoms with van der Waals surface area (Å²) < 4.78 is 4.84. The van der Waals surface area contributed by atoms with Crippen molar-refractivity contribution in [1.29, 1.82) is 0 Å². The molecule has 5 nitrogen and oxygen atoms in total. The average molecular weight is 281 g/mol. The Morgan fingerprint density at radius 1 is 1.42 bits per heavy atom. The van der Waals surface area contributed by atoms with Gasteiger partial charge in [0.15, 0.2) is 0 Å². The van der Waals surface area contributed by atoms with Crippen molar-refractivity contribution in [3.8, 4) is 0 Å². The molecule has 102 valence electrons. The van der Waals surface area contributed by atoms with Gasteiger partial charge in [0.05, 0.1) is 12.5 Å². The molecule has 1 aliphatic rings. The number of carbonyl (C=O) groups excluding carboxylic acids is 1. The molecule has 1 aliphatic heterocycles. The summed E-state index contributed by atoms with van der Waals surface area (Å²) in [6.45, 7) is 0. The first-order valence-corrected chi connectivity index (χ1v) is 6.91. The van der Waals surface area contributed by atoms with E-state index in [2.05, 4.69) is 5.32 Å². The van der Waals surface area contributed by atoms with E-state index in [1.807, 2.05) is 30.3 Å². The van der Waals surface area contributed by atoms with Gasteiger partial charge in [0.25, 0.3) is 0 Å². The number of hydrogen-bond acceptors (Lipinski definition) is 5. The van der Waals surface area contributed by atoms with E-state index in [4.69, 9.17) is 9.84 Å². The van der Waals surface area contributed by atoms with E-state index >= 15 is 0 Å². The van der Waals surface area contributed by atoms with Crippen LogP contribution in [-0.2, 0) is 14.3 Å². The molecule has 0 saturated carbocycles. The zero-order valence-electron chi connectivity index (χ0n) is 10.4. The molecular formula is C13H15NO4S. The Morgan fingerprint density at radius 2 is 2.11 bits per heavy atom. The van der Waals surface area contributed by atoms with Crippen molar-refractivity contribution in [2.24, 2.45) is 0 Å². The van der Waals surface area contributed by atoms with Gasteiger partial charge in [-0.2, -0.15) is 0 Å². The highest BCUT2D eigenvalue weighted by Crippen LogP contribution is 2.32. The number of nitrogens with one attached hydrogen (secondary N) is 1. The lowest BCUT2D eigenvalue weighted by Crippen LogP contribution is -2.41. The molecule has 0 aliphatic carbocycles. The van der Waals surface area contributed by atoms with Gasteiger partial charge in [-0.05, 0) is 5.56 Å². The fraction of sp³-hybridized carbons (Fsp3) is 0.385. The molecule has 0 aromatic heterocycles. The van der Waals surface area contributed by atoms with Crippen LogP contribution in [0.2, 0.25) is 0 Å². The Labute approximate surface area is 115 Å². The SMILES string of the molecule is COC(=O)C(c1ccccc1)C1NC(C(=O)O)CS1. The van der Waals surface area contributed by atoms with Gasteiger partial charge in [0.1, 0.15) is 12.0 Å². The van der Waals surface area contributed by atoms with E-state index in [1.165, 1.54) is 18.9 Å². The first kappa shape index (κ1) is 13.9. The van der Waals surface area contributed by atoms with Crippen LogP contribution in [-0.4, -0.2) is 41.3 Å². The van der Waals surface area contributed by atoms with Gasteiger partial charge in [0, 0.05) is 5.75 Å². The minimum atomic E-state index is -0.897. The lowest BCUT2D eigenvalue weighted by atomic mass is 9.98. The molecule has 0 spiro atoms. The number of aliphatic carboxylic acids is 1. The van der Waals surface area contributed by atoms with Crippen molar-refractivity contribution in [2.45, 2.75) is 17.3 Å². The number of hydrogen-bond donors (Lipinski definition) is 2. The van der Waals surface area contributed by atoms with Crippen molar-refractivity contribution in [3.63, 3.8) is 0 Å². The molecule has 6 heteroatoms. The van der Waals surface area contributed by atoms with Crippen LogP contribution >= 0.6 is 11.8 Å². The third kappa shape index (κ3) is 3.08. The number of carboxylic acids is 1. The van der Waals surface area contributed by atoms with Crippen molar-refractivity contribution >= 4 is 23.7 Å². The molecule has 1 aromatic carbocycles.